The van der Waals surface area contributed by atoms with E-state index in [1.165, 1.54) is 12.1 Å². The summed E-state index contributed by atoms with van der Waals surface area (Å²) in [6.07, 6.45) is 0. The Bertz CT molecular complexity index is 557. The highest BCUT2D eigenvalue weighted by atomic mass is 35.5. The molecule has 0 aliphatic carbocycles. The SMILES string of the molecule is Cc1ccc(OCC(N)c2ccc(F)cc2)c(Cl)c1. The second kappa shape index (κ2) is 6.04. The lowest BCUT2D eigenvalue weighted by atomic mass is 10.1. The third kappa shape index (κ3) is 3.69. The number of hydrogen-bond acceptors (Lipinski definition) is 2. The van der Waals surface area contributed by atoms with Crippen molar-refractivity contribution in [1.82, 2.24) is 0 Å². The van der Waals surface area contributed by atoms with Gasteiger partial charge in [-0.15, -0.1) is 0 Å². The summed E-state index contributed by atoms with van der Waals surface area (Å²) < 4.78 is 18.4. The van der Waals surface area contributed by atoms with E-state index in [0.717, 1.165) is 11.1 Å². The molecule has 1 unspecified atom stereocenters. The quantitative estimate of drug-likeness (QED) is 0.922. The van der Waals surface area contributed by atoms with E-state index < -0.39 is 0 Å². The largest absolute Gasteiger partial charge is 0.490 e. The molecule has 0 bridgehead atoms. The van der Waals surface area contributed by atoms with Crippen LogP contribution in [0.1, 0.15) is 17.2 Å². The van der Waals surface area contributed by atoms with Crippen LogP contribution in [0.3, 0.4) is 0 Å². The molecule has 2 aromatic carbocycles. The van der Waals surface area contributed by atoms with Crippen LogP contribution in [0.2, 0.25) is 5.02 Å². The summed E-state index contributed by atoms with van der Waals surface area (Å²) in [5, 5.41) is 0.561. The number of nitrogens with two attached hydrogens (primary N) is 1. The maximum absolute atomic E-state index is 12.8. The van der Waals surface area contributed by atoms with Crippen LogP contribution >= 0.6 is 11.6 Å². The number of halogens is 2. The van der Waals surface area contributed by atoms with Gasteiger partial charge in [0.25, 0.3) is 0 Å². The van der Waals surface area contributed by atoms with Crippen molar-refractivity contribution in [3.8, 4) is 5.75 Å². The smallest absolute Gasteiger partial charge is 0.138 e. The molecule has 0 fully saturated rings. The zero-order chi connectivity index (χ0) is 13.8. The molecule has 2 N–H and O–H groups in total. The first-order valence-electron chi connectivity index (χ1n) is 5.96. The van der Waals surface area contributed by atoms with Gasteiger partial charge in [0.15, 0.2) is 0 Å². The normalized spacial score (nSPS) is 12.2. The van der Waals surface area contributed by atoms with Crippen LogP contribution in [0.5, 0.6) is 5.75 Å². The molecule has 2 rings (SSSR count). The fraction of sp³-hybridized carbons (Fsp3) is 0.200. The van der Waals surface area contributed by atoms with Crippen LogP contribution in [0.25, 0.3) is 0 Å². The molecule has 0 aromatic heterocycles. The topological polar surface area (TPSA) is 35.2 Å². The van der Waals surface area contributed by atoms with Crippen molar-refractivity contribution in [3.63, 3.8) is 0 Å². The average Bonchev–Trinajstić information content (AvgIpc) is 2.38. The zero-order valence-corrected chi connectivity index (χ0v) is 11.3. The summed E-state index contributed by atoms with van der Waals surface area (Å²) >= 11 is 6.06. The second-order valence-electron chi connectivity index (χ2n) is 4.40. The van der Waals surface area contributed by atoms with Gasteiger partial charge < -0.3 is 10.5 Å². The molecular formula is C15H15ClFNO. The minimum atomic E-state index is -0.321. The van der Waals surface area contributed by atoms with Crippen molar-refractivity contribution in [2.75, 3.05) is 6.61 Å². The van der Waals surface area contributed by atoms with Crippen LogP contribution in [0.4, 0.5) is 4.39 Å². The van der Waals surface area contributed by atoms with E-state index in [1.807, 2.05) is 25.1 Å². The van der Waals surface area contributed by atoms with Crippen LogP contribution < -0.4 is 10.5 Å². The average molecular weight is 280 g/mol. The molecule has 0 spiro atoms. The van der Waals surface area contributed by atoms with Crippen molar-refractivity contribution in [2.45, 2.75) is 13.0 Å². The molecule has 0 aliphatic rings. The Balaban J connectivity index is 2.00. The molecule has 0 saturated heterocycles. The Morgan fingerprint density at radius 3 is 2.53 bits per heavy atom. The summed E-state index contributed by atoms with van der Waals surface area (Å²) in [4.78, 5) is 0. The van der Waals surface area contributed by atoms with Crippen LogP contribution in [-0.4, -0.2) is 6.61 Å². The summed E-state index contributed by atoms with van der Waals surface area (Å²) in [5.74, 6) is 0.322. The zero-order valence-electron chi connectivity index (χ0n) is 10.6. The fourth-order valence-electron chi connectivity index (χ4n) is 1.71. The molecule has 2 nitrogen and oxygen atoms in total. The van der Waals surface area contributed by atoms with Crippen molar-refractivity contribution in [2.24, 2.45) is 5.73 Å². The maximum Gasteiger partial charge on any atom is 0.138 e. The van der Waals surface area contributed by atoms with E-state index >= 15 is 0 Å². The van der Waals surface area contributed by atoms with Crippen LogP contribution in [-0.2, 0) is 0 Å². The molecule has 0 saturated carbocycles. The highest BCUT2D eigenvalue weighted by Crippen LogP contribution is 2.26. The summed E-state index contributed by atoms with van der Waals surface area (Å²) in [5.41, 5.74) is 7.88. The third-order valence-electron chi connectivity index (χ3n) is 2.80. The number of ether oxygens (including phenoxy) is 1. The Hall–Kier alpha value is -1.58. The predicted octanol–water partition coefficient (Wildman–Crippen LogP) is 3.87. The number of aryl methyl sites for hydroxylation is 1. The second-order valence-corrected chi connectivity index (χ2v) is 4.81. The molecule has 0 amide bonds. The van der Waals surface area contributed by atoms with Gasteiger partial charge in [0.1, 0.15) is 18.2 Å². The Labute approximate surface area is 117 Å². The standard InChI is InChI=1S/C15H15ClFNO/c1-10-2-7-15(13(16)8-10)19-9-14(18)11-3-5-12(17)6-4-11/h2-8,14H,9,18H2,1H3. The number of benzene rings is 2. The van der Waals surface area contributed by atoms with E-state index in [2.05, 4.69) is 0 Å². The molecule has 100 valence electrons. The lowest BCUT2D eigenvalue weighted by molar-refractivity contribution is 0.291. The van der Waals surface area contributed by atoms with Gasteiger partial charge in [0, 0.05) is 0 Å². The van der Waals surface area contributed by atoms with Crippen LogP contribution in [0.15, 0.2) is 42.5 Å². The third-order valence-corrected chi connectivity index (χ3v) is 3.10. The van der Waals surface area contributed by atoms with Gasteiger partial charge in [0.05, 0.1) is 11.1 Å². The van der Waals surface area contributed by atoms with Crippen molar-refractivity contribution in [1.29, 1.82) is 0 Å². The fourth-order valence-corrected chi connectivity index (χ4v) is 2.00. The molecular weight excluding hydrogens is 265 g/mol. The van der Waals surface area contributed by atoms with Gasteiger partial charge in [0.2, 0.25) is 0 Å². The van der Waals surface area contributed by atoms with Crippen molar-refractivity contribution < 1.29 is 9.13 Å². The predicted molar refractivity (Wildman–Crippen MR) is 75.0 cm³/mol. The van der Waals surface area contributed by atoms with Gasteiger partial charge in [-0.1, -0.05) is 29.8 Å². The van der Waals surface area contributed by atoms with Crippen LogP contribution in [0, 0.1) is 12.7 Å². The minimum absolute atomic E-state index is 0.279. The van der Waals surface area contributed by atoms with Gasteiger partial charge in [-0.05, 0) is 42.3 Å². The van der Waals surface area contributed by atoms with Crippen molar-refractivity contribution in [3.05, 3.63) is 64.4 Å². The first-order chi connectivity index (χ1) is 9.06. The number of rotatable bonds is 4. The van der Waals surface area contributed by atoms with E-state index in [-0.39, 0.29) is 18.5 Å². The molecule has 0 heterocycles. The first kappa shape index (κ1) is 13.8. The lowest BCUT2D eigenvalue weighted by Gasteiger charge is -2.14. The highest BCUT2D eigenvalue weighted by Gasteiger charge is 2.08. The number of hydrogen-bond donors (Lipinski definition) is 1. The van der Waals surface area contributed by atoms with Crippen molar-refractivity contribution >= 4 is 11.6 Å². The lowest BCUT2D eigenvalue weighted by Crippen LogP contribution is -2.19. The van der Waals surface area contributed by atoms with Gasteiger partial charge in [-0.25, -0.2) is 4.39 Å². The van der Waals surface area contributed by atoms with Gasteiger partial charge in [-0.3, -0.25) is 0 Å². The monoisotopic (exact) mass is 279 g/mol. The molecule has 19 heavy (non-hydrogen) atoms. The molecule has 2 aromatic rings. The first-order valence-corrected chi connectivity index (χ1v) is 6.34. The summed E-state index contributed by atoms with van der Waals surface area (Å²) in [7, 11) is 0. The Morgan fingerprint density at radius 1 is 1.21 bits per heavy atom. The van der Waals surface area contributed by atoms with E-state index in [0.29, 0.717) is 10.8 Å². The molecule has 0 radical (unpaired) electrons. The van der Waals surface area contributed by atoms with E-state index in [9.17, 15) is 4.39 Å². The molecule has 0 aliphatic heterocycles. The Kier molecular flexibility index (Phi) is 4.40. The van der Waals surface area contributed by atoms with E-state index in [1.54, 1.807) is 12.1 Å². The summed E-state index contributed by atoms with van der Waals surface area (Å²) in [6, 6.07) is 11.3. The van der Waals surface area contributed by atoms with Gasteiger partial charge >= 0.3 is 0 Å². The Morgan fingerprint density at radius 2 is 1.89 bits per heavy atom. The highest BCUT2D eigenvalue weighted by molar-refractivity contribution is 6.32. The summed E-state index contributed by atoms with van der Waals surface area (Å²) in [6.45, 7) is 2.24. The molecule has 4 heteroatoms. The van der Waals surface area contributed by atoms with E-state index in [4.69, 9.17) is 22.1 Å². The minimum Gasteiger partial charge on any atom is -0.490 e. The van der Waals surface area contributed by atoms with Gasteiger partial charge in [-0.2, -0.15) is 0 Å². The maximum atomic E-state index is 12.8. The molecule has 1 atom stereocenters.